The largest absolute Gasteiger partial charge is 0.367 e. The van der Waals surface area contributed by atoms with Crippen molar-refractivity contribution >= 4 is 5.82 Å². The van der Waals surface area contributed by atoms with Crippen LogP contribution < -0.4 is 5.32 Å². The van der Waals surface area contributed by atoms with Crippen molar-refractivity contribution in [3.05, 3.63) is 17.8 Å². The molecule has 0 radical (unpaired) electrons. The average Bonchev–Trinajstić information content (AvgIpc) is 2.54. The van der Waals surface area contributed by atoms with Crippen molar-refractivity contribution in [2.45, 2.75) is 51.5 Å². The molecule has 0 aromatic carbocycles. The van der Waals surface area contributed by atoms with Crippen molar-refractivity contribution in [2.75, 3.05) is 25.0 Å². The molecule has 1 aromatic rings. The van der Waals surface area contributed by atoms with E-state index in [4.69, 9.17) is 0 Å². The summed E-state index contributed by atoms with van der Waals surface area (Å²) in [6.45, 7) is 5.28. The van der Waals surface area contributed by atoms with Gasteiger partial charge in [0, 0.05) is 19.0 Å². The molecule has 0 saturated carbocycles. The highest BCUT2D eigenvalue weighted by Crippen LogP contribution is 2.31. The van der Waals surface area contributed by atoms with E-state index in [1.807, 2.05) is 6.92 Å². The monoisotopic (exact) mass is 292 g/mol. The molecule has 2 unspecified atom stereocenters. The number of piperidine rings is 2. The number of hydrogen-bond donors (Lipinski definition) is 1. The van der Waals surface area contributed by atoms with Crippen molar-refractivity contribution in [3.8, 4) is 0 Å². The van der Waals surface area contributed by atoms with Gasteiger partial charge in [0.05, 0.1) is 6.20 Å². The lowest BCUT2D eigenvalue weighted by Gasteiger charge is -2.44. The van der Waals surface area contributed by atoms with Gasteiger partial charge in [0.1, 0.15) is 5.82 Å². The number of nitrogens with zero attached hydrogens (tertiary/aromatic N) is 3. The van der Waals surface area contributed by atoms with Crippen molar-refractivity contribution < 1.29 is 4.39 Å². The van der Waals surface area contributed by atoms with Crippen LogP contribution in [0.4, 0.5) is 10.2 Å². The van der Waals surface area contributed by atoms with Gasteiger partial charge in [-0.05, 0) is 44.7 Å². The fraction of sp³-hybridized carbons (Fsp3) is 0.750. The van der Waals surface area contributed by atoms with Crippen molar-refractivity contribution in [1.29, 1.82) is 0 Å². The predicted molar refractivity (Wildman–Crippen MR) is 81.8 cm³/mol. The molecule has 3 heterocycles. The van der Waals surface area contributed by atoms with Gasteiger partial charge in [0.2, 0.25) is 0 Å². The fourth-order valence-corrected chi connectivity index (χ4v) is 3.74. The van der Waals surface area contributed by atoms with Gasteiger partial charge in [-0.15, -0.1) is 0 Å². The molecule has 0 spiro atoms. The molecule has 2 fully saturated rings. The van der Waals surface area contributed by atoms with Gasteiger partial charge in [-0.2, -0.15) is 0 Å². The van der Waals surface area contributed by atoms with E-state index in [1.165, 1.54) is 51.4 Å². The molecular weight excluding hydrogens is 267 g/mol. The maximum Gasteiger partial charge on any atom is 0.183 e. The van der Waals surface area contributed by atoms with Gasteiger partial charge in [-0.25, -0.2) is 14.4 Å². The Morgan fingerprint density at radius 1 is 1.29 bits per heavy atom. The van der Waals surface area contributed by atoms with E-state index in [9.17, 15) is 4.39 Å². The van der Waals surface area contributed by atoms with E-state index >= 15 is 0 Å². The molecule has 4 nitrogen and oxygen atoms in total. The van der Waals surface area contributed by atoms with Crippen LogP contribution in [-0.4, -0.2) is 40.5 Å². The van der Waals surface area contributed by atoms with Crippen LogP contribution in [0.25, 0.3) is 0 Å². The topological polar surface area (TPSA) is 41.1 Å². The fourth-order valence-electron chi connectivity index (χ4n) is 3.74. The second-order valence-electron chi connectivity index (χ2n) is 6.22. The molecular formula is C16H25FN4. The average molecular weight is 292 g/mol. The van der Waals surface area contributed by atoms with Crippen LogP contribution in [0.5, 0.6) is 0 Å². The standard InChI is InChI=1S/C16H25FN4/c1-2-15-18-11-13(17)16(20-15)19-10-12-6-5-9-21-8-4-3-7-14(12)21/h11-12,14H,2-10H2,1H3,(H,18,19,20). The first-order valence-electron chi connectivity index (χ1n) is 8.27. The van der Waals surface area contributed by atoms with Crippen LogP contribution in [0.1, 0.15) is 44.9 Å². The molecule has 2 saturated heterocycles. The molecule has 1 N–H and O–H groups in total. The quantitative estimate of drug-likeness (QED) is 0.926. The smallest absolute Gasteiger partial charge is 0.183 e. The summed E-state index contributed by atoms with van der Waals surface area (Å²) in [4.78, 5) is 10.9. The van der Waals surface area contributed by atoms with Crippen LogP contribution in [0.3, 0.4) is 0 Å². The maximum absolute atomic E-state index is 13.8. The number of fused-ring (bicyclic) bond motifs is 1. The highest BCUT2D eigenvalue weighted by molar-refractivity contribution is 5.35. The first kappa shape index (κ1) is 14.7. The number of halogens is 1. The first-order valence-corrected chi connectivity index (χ1v) is 8.27. The van der Waals surface area contributed by atoms with Gasteiger partial charge in [0.15, 0.2) is 11.6 Å². The van der Waals surface area contributed by atoms with Gasteiger partial charge >= 0.3 is 0 Å². The third kappa shape index (κ3) is 3.34. The van der Waals surface area contributed by atoms with E-state index in [1.54, 1.807) is 0 Å². The number of hydrogen-bond acceptors (Lipinski definition) is 4. The lowest BCUT2D eigenvalue weighted by atomic mass is 9.83. The minimum absolute atomic E-state index is 0.344. The highest BCUT2D eigenvalue weighted by atomic mass is 19.1. The van der Waals surface area contributed by atoms with Crippen LogP contribution in [-0.2, 0) is 6.42 Å². The summed E-state index contributed by atoms with van der Waals surface area (Å²) < 4.78 is 13.8. The van der Waals surface area contributed by atoms with Crippen LogP contribution in [0.15, 0.2) is 6.20 Å². The van der Waals surface area contributed by atoms with E-state index in [2.05, 4.69) is 20.2 Å². The Bertz CT molecular complexity index is 477. The Labute approximate surface area is 126 Å². The second kappa shape index (κ2) is 6.69. The Morgan fingerprint density at radius 2 is 2.14 bits per heavy atom. The summed E-state index contributed by atoms with van der Waals surface area (Å²) >= 11 is 0. The molecule has 0 bridgehead atoms. The van der Waals surface area contributed by atoms with Gasteiger partial charge in [-0.1, -0.05) is 13.3 Å². The summed E-state index contributed by atoms with van der Waals surface area (Å²) in [6, 6.07) is 0.676. The SMILES string of the molecule is CCc1ncc(F)c(NCC2CCCN3CCCCC23)n1. The minimum Gasteiger partial charge on any atom is -0.367 e. The summed E-state index contributed by atoms with van der Waals surface area (Å²) in [6.07, 6.45) is 8.46. The van der Waals surface area contributed by atoms with Crippen molar-refractivity contribution in [2.24, 2.45) is 5.92 Å². The summed E-state index contributed by atoms with van der Waals surface area (Å²) in [5.74, 6) is 1.33. The Morgan fingerprint density at radius 3 is 3.00 bits per heavy atom. The normalized spacial score (nSPS) is 26.4. The van der Waals surface area contributed by atoms with Gasteiger partial charge in [-0.3, -0.25) is 0 Å². The zero-order valence-electron chi connectivity index (χ0n) is 12.8. The zero-order valence-corrected chi connectivity index (χ0v) is 12.8. The predicted octanol–water partition coefficient (Wildman–Crippen LogP) is 2.85. The molecule has 21 heavy (non-hydrogen) atoms. The Balaban J connectivity index is 1.63. The second-order valence-corrected chi connectivity index (χ2v) is 6.22. The Kier molecular flexibility index (Phi) is 4.68. The van der Waals surface area contributed by atoms with E-state index in [-0.39, 0.29) is 5.82 Å². The third-order valence-electron chi connectivity index (χ3n) is 4.87. The van der Waals surface area contributed by atoms with Crippen LogP contribution in [0, 0.1) is 11.7 Å². The maximum atomic E-state index is 13.8. The summed E-state index contributed by atoms with van der Waals surface area (Å²) in [5, 5.41) is 3.24. The number of aromatic nitrogens is 2. The molecule has 3 rings (SSSR count). The number of anilines is 1. The van der Waals surface area contributed by atoms with Crippen LogP contribution >= 0.6 is 0 Å². The molecule has 116 valence electrons. The molecule has 1 aromatic heterocycles. The first-order chi connectivity index (χ1) is 10.3. The molecule has 2 atom stereocenters. The van der Waals surface area contributed by atoms with Crippen LogP contribution in [0.2, 0.25) is 0 Å². The molecule has 0 amide bonds. The lowest BCUT2D eigenvalue weighted by molar-refractivity contribution is 0.0648. The van der Waals surface area contributed by atoms with Crippen molar-refractivity contribution in [3.63, 3.8) is 0 Å². The van der Waals surface area contributed by atoms with E-state index in [0.29, 0.717) is 23.6 Å². The lowest BCUT2D eigenvalue weighted by Crippen LogP contribution is -2.49. The molecule has 2 aliphatic heterocycles. The molecule has 2 aliphatic rings. The van der Waals surface area contributed by atoms with E-state index in [0.717, 1.165) is 13.0 Å². The van der Waals surface area contributed by atoms with Crippen molar-refractivity contribution in [1.82, 2.24) is 14.9 Å². The number of nitrogens with one attached hydrogen (secondary N) is 1. The molecule has 0 aliphatic carbocycles. The van der Waals surface area contributed by atoms with Gasteiger partial charge in [0.25, 0.3) is 0 Å². The molecule has 5 heteroatoms. The number of aryl methyl sites for hydroxylation is 1. The Hall–Kier alpha value is -1.23. The highest BCUT2D eigenvalue weighted by Gasteiger charge is 2.32. The third-order valence-corrected chi connectivity index (χ3v) is 4.87. The van der Waals surface area contributed by atoms with E-state index < -0.39 is 0 Å². The summed E-state index contributed by atoms with van der Waals surface area (Å²) in [7, 11) is 0. The zero-order chi connectivity index (χ0) is 14.7. The van der Waals surface area contributed by atoms with Gasteiger partial charge < -0.3 is 10.2 Å². The summed E-state index contributed by atoms with van der Waals surface area (Å²) in [5.41, 5.74) is 0. The number of rotatable bonds is 4. The minimum atomic E-state index is -0.344.